The van der Waals surface area contributed by atoms with Crippen LogP contribution in [0.15, 0.2) is 24.3 Å². The molecule has 2 amide bonds. The molecule has 0 heterocycles. The number of hydrogen-bond acceptors (Lipinski definition) is 2. The van der Waals surface area contributed by atoms with Gasteiger partial charge in [-0.15, -0.1) is 0 Å². The lowest BCUT2D eigenvalue weighted by Gasteiger charge is -2.27. The van der Waals surface area contributed by atoms with Crippen LogP contribution in [-0.2, 0) is 9.59 Å². The molecule has 1 rings (SSSR count). The Balaban J connectivity index is 2.85. The van der Waals surface area contributed by atoms with E-state index in [-0.39, 0.29) is 18.4 Å². The number of likely N-dealkylation sites (N-methyl/N-ethyl adjacent to an activating group) is 1. The summed E-state index contributed by atoms with van der Waals surface area (Å²) in [4.78, 5) is 27.5. The highest BCUT2D eigenvalue weighted by atomic mass is 16.2. The number of aryl methyl sites for hydroxylation is 1. The van der Waals surface area contributed by atoms with E-state index in [0.29, 0.717) is 19.0 Å². The van der Waals surface area contributed by atoms with Crippen LogP contribution in [0.1, 0.15) is 33.3 Å². The smallest absolute Gasteiger partial charge is 0.246 e. The van der Waals surface area contributed by atoms with Gasteiger partial charge in [0.05, 0.1) is 0 Å². The second-order valence-corrected chi connectivity index (χ2v) is 5.77. The van der Waals surface area contributed by atoms with Crippen molar-refractivity contribution in [3.05, 3.63) is 29.8 Å². The minimum absolute atomic E-state index is 0.0426. The van der Waals surface area contributed by atoms with E-state index in [1.54, 1.807) is 9.80 Å². The number of carbonyl (C=O) groups is 2. The zero-order valence-corrected chi connectivity index (χ0v) is 13.7. The highest BCUT2D eigenvalue weighted by molar-refractivity contribution is 5.96. The van der Waals surface area contributed by atoms with Gasteiger partial charge in [0.1, 0.15) is 6.54 Å². The van der Waals surface area contributed by atoms with Gasteiger partial charge in [-0.05, 0) is 37.5 Å². The standard InChI is InChI=1S/C17H26N2O2/c1-6-19(16-9-7-8-14(4)10-16)17(21)12-18(15(5)20)11-13(2)3/h7-10,13H,6,11-12H2,1-5H3. The van der Waals surface area contributed by atoms with Gasteiger partial charge in [0, 0.05) is 25.7 Å². The Bertz CT molecular complexity index is 497. The Morgan fingerprint density at radius 2 is 1.90 bits per heavy atom. The summed E-state index contributed by atoms with van der Waals surface area (Å²) in [6, 6.07) is 7.86. The van der Waals surface area contributed by atoms with Gasteiger partial charge in [0.15, 0.2) is 0 Å². The third-order valence-electron chi connectivity index (χ3n) is 3.29. The van der Waals surface area contributed by atoms with Crippen LogP contribution in [0.3, 0.4) is 0 Å². The van der Waals surface area contributed by atoms with Gasteiger partial charge in [0.2, 0.25) is 11.8 Å². The first-order chi connectivity index (χ1) is 9.85. The monoisotopic (exact) mass is 290 g/mol. The van der Waals surface area contributed by atoms with E-state index in [1.165, 1.54) is 6.92 Å². The fourth-order valence-corrected chi connectivity index (χ4v) is 2.29. The van der Waals surface area contributed by atoms with Crippen LogP contribution in [0.2, 0.25) is 0 Å². The summed E-state index contributed by atoms with van der Waals surface area (Å²) in [5.41, 5.74) is 2.00. The SMILES string of the molecule is CCN(C(=O)CN(CC(C)C)C(C)=O)c1cccc(C)c1. The maximum atomic E-state index is 12.5. The molecule has 0 saturated carbocycles. The number of amides is 2. The second kappa shape index (κ2) is 7.81. The van der Waals surface area contributed by atoms with Crippen LogP contribution in [-0.4, -0.2) is 36.3 Å². The van der Waals surface area contributed by atoms with E-state index in [9.17, 15) is 9.59 Å². The minimum Gasteiger partial charge on any atom is -0.333 e. The maximum absolute atomic E-state index is 12.5. The van der Waals surface area contributed by atoms with Gasteiger partial charge in [-0.1, -0.05) is 26.0 Å². The van der Waals surface area contributed by atoms with Gasteiger partial charge in [-0.25, -0.2) is 0 Å². The number of hydrogen-bond donors (Lipinski definition) is 0. The lowest BCUT2D eigenvalue weighted by molar-refractivity contribution is -0.133. The molecule has 0 N–H and O–H groups in total. The minimum atomic E-state index is -0.0580. The topological polar surface area (TPSA) is 40.6 Å². The molecule has 0 bridgehead atoms. The molecule has 0 spiro atoms. The summed E-state index contributed by atoms with van der Waals surface area (Å²) in [5.74, 6) is 0.243. The molecule has 0 atom stereocenters. The van der Waals surface area contributed by atoms with Crippen molar-refractivity contribution in [2.75, 3.05) is 24.5 Å². The van der Waals surface area contributed by atoms with E-state index in [1.807, 2.05) is 52.0 Å². The zero-order valence-electron chi connectivity index (χ0n) is 13.7. The number of carbonyl (C=O) groups excluding carboxylic acids is 2. The Morgan fingerprint density at radius 1 is 1.24 bits per heavy atom. The van der Waals surface area contributed by atoms with Gasteiger partial charge < -0.3 is 9.80 Å². The van der Waals surface area contributed by atoms with Crippen molar-refractivity contribution < 1.29 is 9.59 Å². The first kappa shape index (κ1) is 17.2. The average molecular weight is 290 g/mol. The fraction of sp³-hybridized carbons (Fsp3) is 0.529. The molecular weight excluding hydrogens is 264 g/mol. The number of rotatable bonds is 6. The van der Waals surface area contributed by atoms with Gasteiger partial charge in [0.25, 0.3) is 0 Å². The Kier molecular flexibility index (Phi) is 6.40. The first-order valence-corrected chi connectivity index (χ1v) is 7.47. The molecule has 21 heavy (non-hydrogen) atoms. The predicted molar refractivity (Wildman–Crippen MR) is 86.3 cm³/mol. The second-order valence-electron chi connectivity index (χ2n) is 5.77. The first-order valence-electron chi connectivity index (χ1n) is 7.47. The number of benzene rings is 1. The quantitative estimate of drug-likeness (QED) is 0.808. The molecular formula is C17H26N2O2. The molecule has 0 aliphatic rings. The van der Waals surface area contributed by atoms with Crippen molar-refractivity contribution in [1.29, 1.82) is 0 Å². The largest absolute Gasteiger partial charge is 0.333 e. The molecule has 116 valence electrons. The maximum Gasteiger partial charge on any atom is 0.246 e. The summed E-state index contributed by atoms with van der Waals surface area (Å²) in [6.45, 7) is 10.9. The van der Waals surface area contributed by atoms with Gasteiger partial charge in [-0.3, -0.25) is 9.59 Å². The normalized spacial score (nSPS) is 10.6. The van der Waals surface area contributed by atoms with Crippen molar-refractivity contribution in [1.82, 2.24) is 4.90 Å². The molecule has 0 aliphatic carbocycles. The fourth-order valence-electron chi connectivity index (χ4n) is 2.29. The summed E-state index contributed by atoms with van der Waals surface area (Å²) in [7, 11) is 0. The van der Waals surface area contributed by atoms with E-state index < -0.39 is 0 Å². The van der Waals surface area contributed by atoms with E-state index in [4.69, 9.17) is 0 Å². The predicted octanol–water partition coefficient (Wildman–Crippen LogP) is 2.85. The van der Waals surface area contributed by atoms with Crippen molar-refractivity contribution in [3.8, 4) is 0 Å². The summed E-state index contributed by atoms with van der Waals surface area (Å²) >= 11 is 0. The summed E-state index contributed by atoms with van der Waals surface area (Å²) in [6.07, 6.45) is 0. The molecule has 0 aliphatic heterocycles. The third-order valence-corrected chi connectivity index (χ3v) is 3.29. The molecule has 4 heteroatoms. The molecule has 1 aromatic rings. The van der Waals surface area contributed by atoms with E-state index in [0.717, 1.165) is 11.3 Å². The van der Waals surface area contributed by atoms with Gasteiger partial charge >= 0.3 is 0 Å². The third kappa shape index (κ3) is 5.21. The lowest BCUT2D eigenvalue weighted by atomic mass is 10.2. The Morgan fingerprint density at radius 3 is 2.38 bits per heavy atom. The molecule has 0 fully saturated rings. The van der Waals surface area contributed by atoms with Crippen molar-refractivity contribution in [2.45, 2.75) is 34.6 Å². The number of nitrogens with zero attached hydrogens (tertiary/aromatic N) is 2. The van der Waals surface area contributed by atoms with Crippen LogP contribution in [0.5, 0.6) is 0 Å². The van der Waals surface area contributed by atoms with Crippen molar-refractivity contribution in [2.24, 2.45) is 5.92 Å². The number of anilines is 1. The molecule has 0 aromatic heterocycles. The summed E-state index contributed by atoms with van der Waals surface area (Å²) < 4.78 is 0. The Hall–Kier alpha value is -1.84. The molecule has 0 radical (unpaired) electrons. The van der Waals surface area contributed by atoms with Gasteiger partial charge in [-0.2, -0.15) is 0 Å². The van der Waals surface area contributed by atoms with Crippen LogP contribution in [0.4, 0.5) is 5.69 Å². The van der Waals surface area contributed by atoms with Crippen molar-refractivity contribution >= 4 is 17.5 Å². The molecule has 1 aromatic carbocycles. The van der Waals surface area contributed by atoms with Crippen LogP contribution in [0, 0.1) is 12.8 Å². The van der Waals surface area contributed by atoms with Crippen molar-refractivity contribution in [3.63, 3.8) is 0 Å². The van der Waals surface area contributed by atoms with Crippen LogP contribution >= 0.6 is 0 Å². The van der Waals surface area contributed by atoms with Crippen LogP contribution in [0.25, 0.3) is 0 Å². The van der Waals surface area contributed by atoms with E-state index >= 15 is 0 Å². The Labute approximate surface area is 127 Å². The van der Waals surface area contributed by atoms with Crippen LogP contribution < -0.4 is 4.90 Å². The average Bonchev–Trinajstić information content (AvgIpc) is 2.38. The zero-order chi connectivity index (χ0) is 16.0. The lowest BCUT2D eigenvalue weighted by Crippen LogP contribution is -2.43. The molecule has 4 nitrogen and oxygen atoms in total. The molecule has 0 saturated heterocycles. The highest BCUT2D eigenvalue weighted by Gasteiger charge is 2.20. The summed E-state index contributed by atoms with van der Waals surface area (Å²) in [5, 5.41) is 0. The molecule has 0 unspecified atom stereocenters. The van der Waals surface area contributed by atoms with E-state index in [2.05, 4.69) is 0 Å². The highest BCUT2D eigenvalue weighted by Crippen LogP contribution is 2.16.